The molecule has 4 heterocycles. The van der Waals surface area contributed by atoms with Crippen LogP contribution < -0.4 is 4.90 Å². The fourth-order valence-electron chi connectivity index (χ4n) is 4.81. The summed E-state index contributed by atoms with van der Waals surface area (Å²) < 4.78 is 0. The lowest BCUT2D eigenvalue weighted by Gasteiger charge is -2.34. The smallest absolute Gasteiger partial charge is 0.332 e. The quantitative estimate of drug-likeness (QED) is 0.743. The number of nitrogens with zero attached hydrogens (tertiary/aromatic N) is 5. The molecule has 2 unspecified atom stereocenters. The van der Waals surface area contributed by atoms with Gasteiger partial charge in [-0.15, -0.1) is 0 Å². The number of carbonyl (C=O) groups excluding carboxylic acids is 3. The predicted octanol–water partition coefficient (Wildman–Crippen LogP) is 1.64. The molecule has 3 saturated heterocycles. The van der Waals surface area contributed by atoms with E-state index in [1.54, 1.807) is 47.2 Å². The minimum Gasteiger partial charge on any atom is -0.335 e. The summed E-state index contributed by atoms with van der Waals surface area (Å²) in [5, 5.41) is 9.91. The van der Waals surface area contributed by atoms with Gasteiger partial charge in [0.15, 0.2) is 0 Å². The van der Waals surface area contributed by atoms with Crippen molar-refractivity contribution in [3.8, 4) is 6.07 Å². The van der Waals surface area contributed by atoms with E-state index in [-0.39, 0.29) is 29.9 Å². The molecule has 0 N–H and O–H groups in total. The van der Waals surface area contributed by atoms with Gasteiger partial charge in [-0.05, 0) is 30.7 Å². The van der Waals surface area contributed by atoms with Crippen molar-refractivity contribution in [3.63, 3.8) is 0 Å². The zero-order chi connectivity index (χ0) is 19.6. The van der Waals surface area contributed by atoms with Gasteiger partial charge < -0.3 is 9.80 Å². The molecule has 1 aromatic carbocycles. The lowest BCUT2D eigenvalue weighted by Crippen LogP contribution is -2.54. The van der Waals surface area contributed by atoms with E-state index in [4.69, 9.17) is 0 Å². The summed E-state index contributed by atoms with van der Waals surface area (Å²) in [6.07, 6.45) is 2.61. The molecule has 2 bridgehead atoms. The predicted molar refractivity (Wildman–Crippen MR) is 99.2 cm³/mol. The van der Waals surface area contributed by atoms with E-state index in [2.05, 4.69) is 11.1 Å². The van der Waals surface area contributed by atoms with Crippen molar-refractivity contribution in [2.45, 2.75) is 37.9 Å². The fraction of sp³-hybridized carbons (Fsp3) is 0.350. The number of pyridine rings is 1. The molecule has 140 valence electrons. The van der Waals surface area contributed by atoms with Gasteiger partial charge in [-0.3, -0.25) is 14.6 Å². The molecule has 0 saturated carbocycles. The molecule has 28 heavy (non-hydrogen) atoms. The molecule has 1 aromatic heterocycles. The Kier molecular flexibility index (Phi) is 3.43. The molecule has 3 atom stereocenters. The SMILES string of the molecule is CCC(=O)N1C[C@H]2CC1C1C(=O)N(c3ccc(C#N)c4ncccc34)C(=O)N12. The molecule has 5 rings (SSSR count). The molecular formula is C20H17N5O3. The Labute approximate surface area is 160 Å². The molecule has 2 aromatic rings. The van der Waals surface area contributed by atoms with Gasteiger partial charge in [0.25, 0.3) is 5.91 Å². The van der Waals surface area contributed by atoms with Crippen LogP contribution in [0.4, 0.5) is 10.5 Å². The van der Waals surface area contributed by atoms with Crippen LogP contribution in [0.15, 0.2) is 30.5 Å². The van der Waals surface area contributed by atoms with E-state index in [1.165, 1.54) is 4.90 Å². The largest absolute Gasteiger partial charge is 0.335 e. The molecule has 8 heteroatoms. The van der Waals surface area contributed by atoms with Crippen LogP contribution in [0.25, 0.3) is 10.9 Å². The van der Waals surface area contributed by atoms with Crippen LogP contribution in [0.2, 0.25) is 0 Å². The molecular weight excluding hydrogens is 358 g/mol. The monoisotopic (exact) mass is 375 g/mol. The second-order valence-electron chi connectivity index (χ2n) is 7.31. The van der Waals surface area contributed by atoms with Crippen LogP contribution in [0.1, 0.15) is 25.3 Å². The van der Waals surface area contributed by atoms with Crippen molar-refractivity contribution in [2.24, 2.45) is 0 Å². The fourth-order valence-corrected chi connectivity index (χ4v) is 4.81. The standard InChI is InChI=1S/C20H17N5O3/c1-2-16(26)23-10-12-8-15(23)18-19(27)25(20(28)24(12)18)14-6-5-11(9-21)17-13(14)4-3-7-22-17/h3-7,12,15,18H,2,8,10H2,1H3/t12-,15?,18?/m1/s1. The van der Waals surface area contributed by atoms with Crippen molar-refractivity contribution >= 4 is 34.4 Å². The van der Waals surface area contributed by atoms with E-state index >= 15 is 0 Å². The van der Waals surface area contributed by atoms with Gasteiger partial charge in [0.05, 0.1) is 28.9 Å². The molecule has 3 fully saturated rings. The highest BCUT2D eigenvalue weighted by atomic mass is 16.2. The number of imide groups is 1. The van der Waals surface area contributed by atoms with Gasteiger partial charge >= 0.3 is 6.03 Å². The summed E-state index contributed by atoms with van der Waals surface area (Å²) in [5.41, 5.74) is 1.28. The Morgan fingerprint density at radius 2 is 2.14 bits per heavy atom. The molecule has 0 aliphatic carbocycles. The van der Waals surface area contributed by atoms with Gasteiger partial charge in [0.2, 0.25) is 5.91 Å². The molecule has 4 amide bonds. The van der Waals surface area contributed by atoms with Crippen molar-refractivity contribution in [1.29, 1.82) is 5.26 Å². The van der Waals surface area contributed by atoms with E-state index < -0.39 is 6.04 Å². The first kappa shape index (κ1) is 16.7. The number of amides is 4. The topological polar surface area (TPSA) is 97.6 Å². The zero-order valence-electron chi connectivity index (χ0n) is 15.2. The first-order valence-corrected chi connectivity index (χ1v) is 9.30. The number of anilines is 1. The van der Waals surface area contributed by atoms with Crippen LogP contribution in [0.5, 0.6) is 0 Å². The number of rotatable bonds is 2. The van der Waals surface area contributed by atoms with Crippen LogP contribution in [-0.2, 0) is 9.59 Å². The highest BCUT2D eigenvalue weighted by Crippen LogP contribution is 2.43. The van der Waals surface area contributed by atoms with E-state index in [1.807, 2.05) is 0 Å². The summed E-state index contributed by atoms with van der Waals surface area (Å²) >= 11 is 0. The van der Waals surface area contributed by atoms with Crippen molar-refractivity contribution in [2.75, 3.05) is 11.4 Å². The number of hydrogen-bond acceptors (Lipinski definition) is 5. The lowest BCUT2D eigenvalue weighted by molar-refractivity contribution is -0.135. The van der Waals surface area contributed by atoms with E-state index in [9.17, 15) is 19.6 Å². The average molecular weight is 375 g/mol. The highest BCUT2D eigenvalue weighted by molar-refractivity contribution is 6.25. The first-order chi connectivity index (χ1) is 13.6. The molecule has 3 aliphatic heterocycles. The second-order valence-corrected chi connectivity index (χ2v) is 7.31. The van der Waals surface area contributed by atoms with Gasteiger partial charge in [0.1, 0.15) is 12.1 Å². The third-order valence-corrected chi connectivity index (χ3v) is 6.00. The van der Waals surface area contributed by atoms with Crippen LogP contribution in [0.3, 0.4) is 0 Å². The summed E-state index contributed by atoms with van der Waals surface area (Å²) in [5.74, 6) is -0.306. The minimum atomic E-state index is -0.635. The van der Waals surface area contributed by atoms with Crippen LogP contribution in [-0.4, -0.2) is 57.3 Å². The zero-order valence-corrected chi connectivity index (χ0v) is 15.2. The maximum absolute atomic E-state index is 13.3. The van der Waals surface area contributed by atoms with Crippen molar-refractivity contribution < 1.29 is 14.4 Å². The molecule has 3 aliphatic rings. The van der Waals surface area contributed by atoms with Gasteiger partial charge in [0, 0.05) is 24.5 Å². The maximum atomic E-state index is 13.3. The van der Waals surface area contributed by atoms with Crippen LogP contribution >= 0.6 is 0 Å². The third-order valence-electron chi connectivity index (χ3n) is 6.00. The number of benzene rings is 1. The first-order valence-electron chi connectivity index (χ1n) is 9.30. The normalized spacial score (nSPS) is 25.6. The highest BCUT2D eigenvalue weighted by Gasteiger charge is 2.62. The minimum absolute atomic E-state index is 0.0128. The number of piperazine rings is 1. The summed E-state index contributed by atoms with van der Waals surface area (Å²) in [4.78, 5) is 47.5. The van der Waals surface area contributed by atoms with Crippen molar-refractivity contribution in [3.05, 3.63) is 36.0 Å². The van der Waals surface area contributed by atoms with E-state index in [0.717, 1.165) is 0 Å². The van der Waals surface area contributed by atoms with Gasteiger partial charge in [-0.2, -0.15) is 5.26 Å². The Bertz CT molecular complexity index is 1090. The average Bonchev–Trinajstić information content (AvgIpc) is 3.38. The number of aromatic nitrogens is 1. The number of urea groups is 1. The number of fused-ring (bicyclic) bond motifs is 6. The number of carbonyl (C=O) groups is 3. The number of likely N-dealkylation sites (tertiary alicyclic amines) is 1. The number of nitriles is 1. The van der Waals surface area contributed by atoms with Gasteiger partial charge in [-0.25, -0.2) is 9.69 Å². The Hall–Kier alpha value is -3.47. The van der Waals surface area contributed by atoms with Crippen LogP contribution in [0, 0.1) is 11.3 Å². The second kappa shape index (κ2) is 5.76. The summed E-state index contributed by atoms with van der Waals surface area (Å²) in [7, 11) is 0. The van der Waals surface area contributed by atoms with Gasteiger partial charge in [-0.1, -0.05) is 6.92 Å². The lowest BCUT2D eigenvalue weighted by atomic mass is 10.1. The maximum Gasteiger partial charge on any atom is 0.332 e. The number of hydrogen-bond donors (Lipinski definition) is 0. The van der Waals surface area contributed by atoms with E-state index in [0.29, 0.717) is 41.5 Å². The molecule has 8 nitrogen and oxygen atoms in total. The summed E-state index contributed by atoms with van der Waals surface area (Å²) in [6.45, 7) is 2.28. The Balaban J connectivity index is 1.59. The molecule has 0 radical (unpaired) electrons. The Morgan fingerprint density at radius 1 is 1.32 bits per heavy atom. The summed E-state index contributed by atoms with van der Waals surface area (Å²) in [6, 6.07) is 7.37. The Morgan fingerprint density at radius 3 is 2.89 bits per heavy atom. The van der Waals surface area contributed by atoms with Crippen molar-refractivity contribution in [1.82, 2.24) is 14.8 Å². The molecule has 0 spiro atoms. The third kappa shape index (κ3) is 1.99.